The lowest BCUT2D eigenvalue weighted by molar-refractivity contribution is 0.0531. The van der Waals surface area contributed by atoms with Crippen molar-refractivity contribution in [1.29, 1.82) is 0 Å². The van der Waals surface area contributed by atoms with Crippen LogP contribution in [0.25, 0.3) is 16.3 Å². The maximum Gasteiger partial charge on any atom is 0.348 e. The van der Waals surface area contributed by atoms with Gasteiger partial charge < -0.3 is 9.72 Å². The number of nitrogens with zero attached hydrogens (tertiary/aromatic N) is 1. The van der Waals surface area contributed by atoms with Crippen LogP contribution in [0.3, 0.4) is 0 Å². The summed E-state index contributed by atoms with van der Waals surface area (Å²) < 4.78 is 5.08. The molecule has 146 valence electrons. The van der Waals surface area contributed by atoms with Gasteiger partial charge in [0.15, 0.2) is 0 Å². The number of H-pyrrole nitrogens is 1. The highest BCUT2D eigenvalue weighted by Gasteiger charge is 2.21. The van der Waals surface area contributed by atoms with Gasteiger partial charge in [0.05, 0.1) is 17.2 Å². The molecule has 2 aromatic heterocycles. The van der Waals surface area contributed by atoms with Crippen LogP contribution in [-0.2, 0) is 4.74 Å². The van der Waals surface area contributed by atoms with Crippen molar-refractivity contribution >= 4 is 45.4 Å². The lowest BCUT2D eigenvalue weighted by Crippen LogP contribution is -2.13. The standard InChI is InChI=1S/C21H22N2O3S2/c1-4-26-21(25)17-13(2)16-19(24)22-18(23-20(16)28-17)14(3)27-12-8-11-15-9-6-5-7-10-15/h5-11,14H,4,12H2,1-3H3,(H,22,23,24)/b11-8+/t14-/m1/s1. The Labute approximate surface area is 171 Å². The number of thioether (sulfide) groups is 1. The average Bonchev–Trinajstić information content (AvgIpc) is 3.03. The van der Waals surface area contributed by atoms with Gasteiger partial charge in [0.25, 0.3) is 5.56 Å². The number of carbonyl (C=O) groups is 1. The molecule has 0 saturated carbocycles. The minimum absolute atomic E-state index is 0.0194. The minimum Gasteiger partial charge on any atom is -0.462 e. The molecule has 0 fully saturated rings. The smallest absolute Gasteiger partial charge is 0.348 e. The zero-order valence-electron chi connectivity index (χ0n) is 16.0. The van der Waals surface area contributed by atoms with Crippen LogP contribution in [0.4, 0.5) is 0 Å². The number of benzene rings is 1. The Morgan fingerprint density at radius 3 is 2.82 bits per heavy atom. The number of hydrogen-bond donors (Lipinski definition) is 1. The number of hydrogen-bond acceptors (Lipinski definition) is 6. The fourth-order valence-electron chi connectivity index (χ4n) is 2.77. The lowest BCUT2D eigenvalue weighted by atomic mass is 10.2. The van der Waals surface area contributed by atoms with E-state index in [0.29, 0.717) is 33.1 Å². The maximum atomic E-state index is 12.6. The van der Waals surface area contributed by atoms with Gasteiger partial charge in [-0.1, -0.05) is 42.5 Å². The zero-order valence-corrected chi connectivity index (χ0v) is 17.7. The second kappa shape index (κ2) is 9.21. The molecular weight excluding hydrogens is 392 g/mol. The topological polar surface area (TPSA) is 72.0 Å². The molecule has 7 heteroatoms. The first-order valence-corrected chi connectivity index (χ1v) is 10.9. The molecule has 0 aliphatic heterocycles. The molecule has 0 bridgehead atoms. The molecule has 1 atom stereocenters. The molecule has 0 radical (unpaired) electrons. The van der Waals surface area contributed by atoms with Gasteiger partial charge in [-0.15, -0.1) is 23.1 Å². The molecule has 28 heavy (non-hydrogen) atoms. The van der Waals surface area contributed by atoms with Gasteiger partial charge >= 0.3 is 5.97 Å². The summed E-state index contributed by atoms with van der Waals surface area (Å²) in [6.45, 7) is 5.83. The second-order valence-corrected chi connectivity index (χ2v) is 8.57. The molecule has 2 heterocycles. The Morgan fingerprint density at radius 1 is 1.36 bits per heavy atom. The third-order valence-corrected chi connectivity index (χ3v) is 6.49. The van der Waals surface area contributed by atoms with Crippen LogP contribution in [0.2, 0.25) is 0 Å². The summed E-state index contributed by atoms with van der Waals surface area (Å²) in [6, 6.07) is 10.1. The Bertz CT molecular complexity index is 1050. The number of ether oxygens (including phenoxy) is 1. The maximum absolute atomic E-state index is 12.6. The van der Waals surface area contributed by atoms with Crippen molar-refractivity contribution in [2.75, 3.05) is 12.4 Å². The fraction of sp³-hybridized carbons (Fsp3) is 0.286. The molecule has 3 rings (SSSR count). The predicted molar refractivity (Wildman–Crippen MR) is 117 cm³/mol. The largest absolute Gasteiger partial charge is 0.462 e. The highest BCUT2D eigenvalue weighted by molar-refractivity contribution is 7.99. The Morgan fingerprint density at radius 2 is 2.11 bits per heavy atom. The van der Waals surface area contributed by atoms with E-state index < -0.39 is 5.97 Å². The van der Waals surface area contributed by atoms with Crippen molar-refractivity contribution in [3.8, 4) is 0 Å². The fourth-order valence-corrected chi connectivity index (χ4v) is 4.62. The molecule has 0 saturated heterocycles. The summed E-state index contributed by atoms with van der Waals surface area (Å²) in [7, 11) is 0. The van der Waals surface area contributed by atoms with Gasteiger partial charge in [-0.3, -0.25) is 4.79 Å². The molecule has 0 aliphatic rings. The van der Waals surface area contributed by atoms with Crippen molar-refractivity contribution in [1.82, 2.24) is 9.97 Å². The first kappa shape index (κ1) is 20.4. The number of aromatic amines is 1. The van der Waals surface area contributed by atoms with Crippen molar-refractivity contribution < 1.29 is 9.53 Å². The molecule has 5 nitrogen and oxygen atoms in total. The van der Waals surface area contributed by atoms with E-state index >= 15 is 0 Å². The van der Waals surface area contributed by atoms with Crippen LogP contribution in [-0.4, -0.2) is 28.3 Å². The van der Waals surface area contributed by atoms with Crippen LogP contribution in [0, 0.1) is 6.92 Å². The van der Waals surface area contributed by atoms with E-state index in [1.807, 2.05) is 25.1 Å². The number of nitrogens with one attached hydrogen (secondary N) is 1. The van der Waals surface area contributed by atoms with Crippen molar-refractivity contribution in [2.24, 2.45) is 0 Å². The molecule has 0 spiro atoms. The van der Waals surface area contributed by atoms with E-state index in [9.17, 15) is 9.59 Å². The van der Waals surface area contributed by atoms with Gasteiger partial charge in [0, 0.05) is 5.75 Å². The molecule has 0 unspecified atom stereocenters. The number of esters is 1. The third kappa shape index (κ3) is 4.54. The summed E-state index contributed by atoms with van der Waals surface area (Å²) >= 11 is 2.90. The highest BCUT2D eigenvalue weighted by Crippen LogP contribution is 2.31. The summed E-state index contributed by atoms with van der Waals surface area (Å²) in [5, 5.41) is 0.490. The van der Waals surface area contributed by atoms with Gasteiger partial charge in [0.1, 0.15) is 15.5 Å². The van der Waals surface area contributed by atoms with Gasteiger partial charge in [-0.2, -0.15) is 0 Å². The number of aryl methyl sites for hydroxylation is 1. The number of carbonyl (C=O) groups excluding carboxylic acids is 1. The average molecular weight is 415 g/mol. The molecule has 0 aliphatic carbocycles. The van der Waals surface area contributed by atoms with Crippen LogP contribution in [0.1, 0.15) is 45.7 Å². The van der Waals surface area contributed by atoms with Crippen molar-refractivity contribution in [3.05, 3.63) is 68.6 Å². The first-order valence-electron chi connectivity index (χ1n) is 9.04. The lowest BCUT2D eigenvalue weighted by Gasteiger charge is -2.09. The van der Waals surface area contributed by atoms with E-state index in [4.69, 9.17) is 4.74 Å². The first-order chi connectivity index (χ1) is 13.5. The molecule has 0 amide bonds. The Hall–Kier alpha value is -2.38. The van der Waals surface area contributed by atoms with E-state index in [1.54, 1.807) is 25.6 Å². The quantitative estimate of drug-likeness (QED) is 0.552. The number of thiophene rings is 1. The Kier molecular flexibility index (Phi) is 6.70. The van der Waals surface area contributed by atoms with Crippen LogP contribution < -0.4 is 5.56 Å². The van der Waals surface area contributed by atoms with E-state index in [0.717, 1.165) is 11.3 Å². The highest BCUT2D eigenvalue weighted by atomic mass is 32.2. The monoisotopic (exact) mass is 414 g/mol. The van der Waals surface area contributed by atoms with Gasteiger partial charge in [0.2, 0.25) is 0 Å². The van der Waals surface area contributed by atoms with Crippen LogP contribution in [0.5, 0.6) is 0 Å². The Balaban J connectivity index is 1.76. The molecule has 3 aromatic rings. The zero-order chi connectivity index (χ0) is 20.1. The number of rotatable bonds is 7. The molecular formula is C21H22N2O3S2. The predicted octanol–water partition coefficient (Wildman–Crippen LogP) is 4.98. The minimum atomic E-state index is -0.405. The SMILES string of the molecule is CCOC(=O)c1sc2nc([C@@H](C)SC/C=C/c3ccccc3)[nH]c(=O)c2c1C. The van der Waals surface area contributed by atoms with Gasteiger partial charge in [-0.25, -0.2) is 9.78 Å². The van der Waals surface area contributed by atoms with Crippen molar-refractivity contribution in [3.63, 3.8) is 0 Å². The van der Waals surface area contributed by atoms with Gasteiger partial charge in [-0.05, 0) is 31.9 Å². The van der Waals surface area contributed by atoms with Crippen molar-refractivity contribution in [2.45, 2.75) is 26.0 Å². The normalized spacial score (nSPS) is 12.5. The van der Waals surface area contributed by atoms with E-state index in [2.05, 4.69) is 34.3 Å². The summed E-state index contributed by atoms with van der Waals surface area (Å²) in [4.78, 5) is 33.2. The molecule has 1 N–H and O–H groups in total. The van der Waals surface area contributed by atoms with Crippen LogP contribution >= 0.6 is 23.1 Å². The summed E-state index contributed by atoms with van der Waals surface area (Å²) in [5.41, 5.74) is 1.57. The summed E-state index contributed by atoms with van der Waals surface area (Å²) in [6.07, 6.45) is 4.18. The second-order valence-electron chi connectivity index (χ2n) is 6.20. The van der Waals surface area contributed by atoms with Crippen LogP contribution in [0.15, 0.2) is 41.2 Å². The van der Waals surface area contributed by atoms with E-state index in [1.165, 1.54) is 11.3 Å². The molecule has 1 aromatic carbocycles. The van der Waals surface area contributed by atoms with E-state index in [-0.39, 0.29) is 10.8 Å². The third-order valence-electron chi connectivity index (χ3n) is 4.22. The number of aromatic nitrogens is 2. The number of fused-ring (bicyclic) bond motifs is 1. The summed E-state index contributed by atoms with van der Waals surface area (Å²) in [5.74, 6) is 1.01.